The molecule has 3 aromatic rings. The summed E-state index contributed by atoms with van der Waals surface area (Å²) in [6, 6.07) is 7.95. The van der Waals surface area contributed by atoms with Crippen LogP contribution in [0.5, 0.6) is 0 Å². The van der Waals surface area contributed by atoms with E-state index >= 15 is 0 Å². The Bertz CT molecular complexity index is 977. The molecule has 0 aliphatic heterocycles. The van der Waals surface area contributed by atoms with Gasteiger partial charge < -0.3 is 5.32 Å². The van der Waals surface area contributed by atoms with E-state index in [1.807, 2.05) is 38.4 Å². The molecule has 0 aliphatic rings. The Morgan fingerprint density at radius 3 is 2.48 bits per heavy atom. The molecular formula is C21H25FN4O. The highest BCUT2D eigenvalue weighted by atomic mass is 19.1. The maximum absolute atomic E-state index is 14.0. The lowest BCUT2D eigenvalue weighted by atomic mass is 10.0. The lowest BCUT2D eigenvalue weighted by Gasteiger charge is -2.16. The largest absolute Gasteiger partial charge is 0.345 e. The van der Waals surface area contributed by atoms with Crippen molar-refractivity contribution < 1.29 is 9.18 Å². The molecule has 0 radical (unpaired) electrons. The summed E-state index contributed by atoms with van der Waals surface area (Å²) >= 11 is 0. The number of carbonyl (C=O) groups excluding carboxylic acids is 1. The molecule has 1 unspecified atom stereocenters. The number of pyridine rings is 1. The van der Waals surface area contributed by atoms with Crippen LogP contribution in [0.15, 0.2) is 36.5 Å². The smallest absolute Gasteiger partial charge is 0.252 e. The molecule has 3 rings (SSSR count). The van der Waals surface area contributed by atoms with Crippen LogP contribution in [0.4, 0.5) is 4.39 Å². The molecule has 2 aromatic heterocycles. The monoisotopic (exact) mass is 368 g/mol. The van der Waals surface area contributed by atoms with Crippen LogP contribution >= 0.6 is 0 Å². The number of rotatable bonds is 5. The van der Waals surface area contributed by atoms with E-state index in [9.17, 15) is 9.18 Å². The van der Waals surface area contributed by atoms with Gasteiger partial charge >= 0.3 is 0 Å². The van der Waals surface area contributed by atoms with E-state index in [0.29, 0.717) is 22.2 Å². The summed E-state index contributed by atoms with van der Waals surface area (Å²) in [5, 5.41) is 8.01. The number of aromatic nitrogens is 3. The molecule has 142 valence electrons. The molecule has 0 saturated carbocycles. The first-order valence-corrected chi connectivity index (χ1v) is 9.23. The summed E-state index contributed by atoms with van der Waals surface area (Å²) in [4.78, 5) is 17.7. The fraction of sp³-hybridized carbons (Fsp3) is 0.381. The van der Waals surface area contributed by atoms with E-state index < -0.39 is 6.04 Å². The van der Waals surface area contributed by atoms with Crippen molar-refractivity contribution in [3.8, 4) is 0 Å². The Morgan fingerprint density at radius 2 is 1.85 bits per heavy atom. The normalized spacial score (nSPS) is 12.7. The first-order chi connectivity index (χ1) is 12.8. The number of nitrogens with zero attached hydrogens (tertiary/aromatic N) is 3. The van der Waals surface area contributed by atoms with Crippen molar-refractivity contribution in [3.05, 3.63) is 59.2 Å². The van der Waals surface area contributed by atoms with Gasteiger partial charge in [0.15, 0.2) is 5.65 Å². The van der Waals surface area contributed by atoms with E-state index in [2.05, 4.69) is 10.4 Å². The Kier molecular flexibility index (Phi) is 5.26. The third-order valence-corrected chi connectivity index (χ3v) is 4.63. The van der Waals surface area contributed by atoms with Crippen molar-refractivity contribution in [3.63, 3.8) is 0 Å². The molecule has 0 saturated heterocycles. The molecule has 1 aromatic carbocycles. The lowest BCUT2D eigenvalue weighted by molar-refractivity contribution is 0.0941. The van der Waals surface area contributed by atoms with Gasteiger partial charge in [-0.2, -0.15) is 5.10 Å². The third kappa shape index (κ3) is 3.70. The van der Waals surface area contributed by atoms with Crippen molar-refractivity contribution in [1.82, 2.24) is 20.1 Å². The lowest BCUT2D eigenvalue weighted by Crippen LogP contribution is -2.27. The SMILES string of the molecule is CC(C)c1cc(C(=O)NC(C)c2ccccc2F)c2cnn(C(C)C)c2n1. The van der Waals surface area contributed by atoms with Crippen molar-refractivity contribution in [1.29, 1.82) is 0 Å². The van der Waals surface area contributed by atoms with E-state index in [1.165, 1.54) is 6.07 Å². The molecule has 0 bridgehead atoms. The summed E-state index contributed by atoms with van der Waals surface area (Å²) in [7, 11) is 0. The van der Waals surface area contributed by atoms with Crippen LogP contribution in [0.25, 0.3) is 11.0 Å². The number of halogens is 1. The van der Waals surface area contributed by atoms with Crippen molar-refractivity contribution in [2.75, 3.05) is 0 Å². The number of hydrogen-bond donors (Lipinski definition) is 1. The zero-order valence-corrected chi connectivity index (χ0v) is 16.3. The van der Waals surface area contributed by atoms with Crippen LogP contribution in [0, 0.1) is 5.82 Å². The van der Waals surface area contributed by atoms with Crippen LogP contribution in [-0.2, 0) is 0 Å². The first-order valence-electron chi connectivity index (χ1n) is 9.23. The molecule has 0 spiro atoms. The maximum atomic E-state index is 14.0. The van der Waals surface area contributed by atoms with Crippen LogP contribution in [0.1, 0.15) is 74.2 Å². The van der Waals surface area contributed by atoms with Gasteiger partial charge in [-0.05, 0) is 38.8 Å². The fourth-order valence-corrected chi connectivity index (χ4v) is 3.08. The minimum Gasteiger partial charge on any atom is -0.345 e. The quantitative estimate of drug-likeness (QED) is 0.706. The second-order valence-electron chi connectivity index (χ2n) is 7.39. The Morgan fingerprint density at radius 1 is 1.15 bits per heavy atom. The minimum atomic E-state index is -0.454. The Hall–Kier alpha value is -2.76. The molecule has 0 fully saturated rings. The van der Waals surface area contributed by atoms with Crippen LogP contribution < -0.4 is 5.32 Å². The zero-order valence-electron chi connectivity index (χ0n) is 16.3. The first kappa shape index (κ1) is 19.0. The summed E-state index contributed by atoms with van der Waals surface area (Å²) in [6.07, 6.45) is 1.68. The predicted molar refractivity (Wildman–Crippen MR) is 104 cm³/mol. The van der Waals surface area contributed by atoms with Gasteiger partial charge in [0.2, 0.25) is 0 Å². The highest BCUT2D eigenvalue weighted by Crippen LogP contribution is 2.25. The van der Waals surface area contributed by atoms with Gasteiger partial charge in [0.1, 0.15) is 5.82 Å². The van der Waals surface area contributed by atoms with Gasteiger partial charge in [-0.3, -0.25) is 4.79 Å². The van der Waals surface area contributed by atoms with Crippen LogP contribution in [-0.4, -0.2) is 20.7 Å². The molecule has 1 atom stereocenters. The average Bonchev–Trinajstić information content (AvgIpc) is 3.05. The molecule has 5 nitrogen and oxygen atoms in total. The van der Waals surface area contributed by atoms with Crippen LogP contribution in [0.3, 0.4) is 0 Å². The maximum Gasteiger partial charge on any atom is 0.252 e. The van der Waals surface area contributed by atoms with E-state index in [0.717, 1.165) is 5.69 Å². The standard InChI is InChI=1S/C21H25FN4O/c1-12(2)19-10-16(17-11-23-26(13(3)4)20(17)25-19)21(27)24-14(5)15-8-6-7-9-18(15)22/h6-14H,1-5H3,(H,24,27). The van der Waals surface area contributed by atoms with Crippen molar-refractivity contribution in [2.45, 2.75) is 52.6 Å². The van der Waals surface area contributed by atoms with E-state index in [4.69, 9.17) is 4.98 Å². The fourth-order valence-electron chi connectivity index (χ4n) is 3.08. The molecule has 6 heteroatoms. The Labute approximate surface area is 158 Å². The third-order valence-electron chi connectivity index (χ3n) is 4.63. The molecule has 27 heavy (non-hydrogen) atoms. The van der Waals surface area contributed by atoms with Crippen molar-refractivity contribution >= 4 is 16.9 Å². The van der Waals surface area contributed by atoms with Gasteiger partial charge in [-0.1, -0.05) is 32.0 Å². The van der Waals surface area contributed by atoms with Gasteiger partial charge in [0, 0.05) is 17.3 Å². The summed E-state index contributed by atoms with van der Waals surface area (Å²) in [5.74, 6) is -0.426. The highest BCUT2D eigenvalue weighted by Gasteiger charge is 2.21. The van der Waals surface area contributed by atoms with Gasteiger partial charge in [0.05, 0.1) is 23.2 Å². The Balaban J connectivity index is 2.02. The molecule has 2 heterocycles. The van der Waals surface area contributed by atoms with Gasteiger partial charge in [0.25, 0.3) is 5.91 Å². The molecule has 0 aliphatic carbocycles. The second-order valence-corrected chi connectivity index (χ2v) is 7.39. The van der Waals surface area contributed by atoms with Crippen LogP contribution in [0.2, 0.25) is 0 Å². The predicted octanol–water partition coefficient (Wildman–Crippen LogP) is 4.77. The zero-order chi connectivity index (χ0) is 19.7. The van der Waals surface area contributed by atoms with Gasteiger partial charge in [-0.15, -0.1) is 0 Å². The number of fused-ring (bicyclic) bond motifs is 1. The molecule has 1 amide bonds. The number of benzene rings is 1. The molecular weight excluding hydrogens is 343 g/mol. The summed E-state index contributed by atoms with van der Waals surface area (Å²) in [5.41, 5.74) is 2.49. The van der Waals surface area contributed by atoms with Gasteiger partial charge in [-0.25, -0.2) is 14.1 Å². The van der Waals surface area contributed by atoms with E-state index in [-0.39, 0.29) is 23.7 Å². The van der Waals surface area contributed by atoms with Crippen molar-refractivity contribution in [2.24, 2.45) is 0 Å². The second kappa shape index (κ2) is 7.47. The topological polar surface area (TPSA) is 59.8 Å². The molecule has 1 N–H and O–H groups in total. The minimum absolute atomic E-state index is 0.130. The highest BCUT2D eigenvalue weighted by molar-refractivity contribution is 6.05. The number of carbonyl (C=O) groups is 1. The number of hydrogen-bond acceptors (Lipinski definition) is 3. The number of amides is 1. The summed E-state index contributed by atoms with van der Waals surface area (Å²) in [6.45, 7) is 9.89. The number of nitrogens with one attached hydrogen (secondary N) is 1. The average molecular weight is 368 g/mol. The summed E-state index contributed by atoms with van der Waals surface area (Å²) < 4.78 is 15.9. The van der Waals surface area contributed by atoms with E-state index in [1.54, 1.807) is 31.3 Å².